The van der Waals surface area contributed by atoms with Crippen molar-refractivity contribution in [1.29, 1.82) is 0 Å². The maximum atomic E-state index is 12.2. The molecule has 1 amide bonds. The van der Waals surface area contributed by atoms with E-state index >= 15 is 0 Å². The third-order valence-electron chi connectivity index (χ3n) is 4.98. The molecule has 1 aliphatic rings. The van der Waals surface area contributed by atoms with E-state index < -0.39 is 0 Å². The van der Waals surface area contributed by atoms with Crippen molar-refractivity contribution in [2.45, 2.75) is 32.2 Å². The van der Waals surface area contributed by atoms with Gasteiger partial charge in [-0.25, -0.2) is 9.97 Å². The van der Waals surface area contributed by atoms with Gasteiger partial charge in [-0.1, -0.05) is 18.2 Å². The van der Waals surface area contributed by atoms with Crippen LogP contribution in [0.3, 0.4) is 0 Å². The Morgan fingerprint density at radius 1 is 1.14 bits per heavy atom. The average Bonchev–Trinajstić information content (AvgIpc) is 3.26. The summed E-state index contributed by atoms with van der Waals surface area (Å²) in [7, 11) is 0. The molecule has 0 aliphatic carbocycles. The highest BCUT2D eigenvalue weighted by molar-refractivity contribution is 5.78. The number of carbonyl (C=O) groups excluding carboxylic acids is 1. The fraction of sp³-hybridized carbons (Fsp3) is 0.333. The maximum absolute atomic E-state index is 12.2. The van der Waals surface area contributed by atoms with E-state index in [1.54, 1.807) is 18.2 Å². The van der Waals surface area contributed by atoms with Crippen molar-refractivity contribution in [3.63, 3.8) is 0 Å². The molecule has 2 aromatic heterocycles. The summed E-state index contributed by atoms with van der Waals surface area (Å²) in [6.07, 6.45) is 4.91. The number of carbonyl (C=O) groups is 1. The predicted molar refractivity (Wildman–Crippen MR) is 108 cm³/mol. The topological polar surface area (TPSA) is 91.0 Å². The summed E-state index contributed by atoms with van der Waals surface area (Å²) in [5.74, 6) is 1.44. The Hall–Kier alpha value is -3.22. The van der Waals surface area contributed by atoms with Crippen LogP contribution >= 0.6 is 0 Å². The molecule has 0 unspecified atom stereocenters. The van der Waals surface area contributed by atoms with Gasteiger partial charge < -0.3 is 15.2 Å². The fourth-order valence-corrected chi connectivity index (χ4v) is 3.43. The zero-order chi connectivity index (χ0) is 19.3. The molecule has 1 aromatic carbocycles. The molecule has 7 nitrogen and oxygen atoms in total. The first kappa shape index (κ1) is 18.2. The smallest absolute Gasteiger partial charge is 0.258 e. The molecule has 3 aromatic rings. The molecule has 28 heavy (non-hydrogen) atoms. The number of benzene rings is 1. The number of fused-ring (bicyclic) bond motifs is 1. The Morgan fingerprint density at radius 3 is 2.75 bits per heavy atom. The highest BCUT2D eigenvalue weighted by Crippen LogP contribution is 2.17. The number of hydrogen-bond donors (Lipinski definition) is 2. The van der Waals surface area contributed by atoms with E-state index in [1.165, 1.54) is 12.8 Å². The van der Waals surface area contributed by atoms with Gasteiger partial charge in [0.25, 0.3) is 5.56 Å². The van der Waals surface area contributed by atoms with Crippen molar-refractivity contribution in [2.24, 2.45) is 0 Å². The molecule has 0 bridgehead atoms. The van der Waals surface area contributed by atoms with Crippen molar-refractivity contribution >= 4 is 22.6 Å². The number of H-pyrrole nitrogens is 1. The second kappa shape index (κ2) is 8.21. The minimum atomic E-state index is -0.176. The van der Waals surface area contributed by atoms with Gasteiger partial charge in [0.2, 0.25) is 5.91 Å². The van der Waals surface area contributed by atoms with E-state index in [0.717, 1.165) is 24.5 Å². The molecule has 7 heteroatoms. The van der Waals surface area contributed by atoms with Crippen molar-refractivity contribution in [2.75, 3.05) is 18.0 Å². The van der Waals surface area contributed by atoms with Crippen LogP contribution < -0.4 is 15.8 Å². The molecule has 0 spiro atoms. The van der Waals surface area contributed by atoms with E-state index in [1.807, 2.05) is 24.4 Å². The summed E-state index contributed by atoms with van der Waals surface area (Å²) >= 11 is 0. The Kier molecular flexibility index (Phi) is 5.32. The van der Waals surface area contributed by atoms with E-state index in [0.29, 0.717) is 29.7 Å². The van der Waals surface area contributed by atoms with Gasteiger partial charge in [-0.15, -0.1) is 0 Å². The molecule has 3 heterocycles. The summed E-state index contributed by atoms with van der Waals surface area (Å²) in [5, 5.41) is 3.45. The Labute approximate surface area is 162 Å². The summed E-state index contributed by atoms with van der Waals surface area (Å²) in [6.45, 7) is 2.57. The van der Waals surface area contributed by atoms with Crippen molar-refractivity contribution < 1.29 is 4.79 Å². The van der Waals surface area contributed by atoms with Gasteiger partial charge in [-0.3, -0.25) is 9.59 Å². The normalized spacial score (nSPS) is 13.8. The van der Waals surface area contributed by atoms with Crippen LogP contribution in [0.4, 0.5) is 5.82 Å². The number of rotatable bonds is 6. The van der Waals surface area contributed by atoms with Crippen LogP contribution in [0.5, 0.6) is 0 Å². The minimum absolute atomic E-state index is 0.0839. The van der Waals surface area contributed by atoms with E-state index in [4.69, 9.17) is 0 Å². The molecule has 2 N–H and O–H groups in total. The zero-order valence-corrected chi connectivity index (χ0v) is 15.6. The Balaban J connectivity index is 1.29. The number of para-hydroxylation sites is 1. The van der Waals surface area contributed by atoms with Crippen molar-refractivity contribution in [3.8, 4) is 0 Å². The first-order chi connectivity index (χ1) is 13.7. The number of amides is 1. The van der Waals surface area contributed by atoms with E-state index in [-0.39, 0.29) is 17.9 Å². The van der Waals surface area contributed by atoms with Gasteiger partial charge in [0.1, 0.15) is 11.6 Å². The largest absolute Gasteiger partial charge is 0.357 e. The number of hydrogen-bond acceptors (Lipinski definition) is 5. The lowest BCUT2D eigenvalue weighted by Crippen LogP contribution is -2.24. The first-order valence-corrected chi connectivity index (χ1v) is 9.63. The van der Waals surface area contributed by atoms with Gasteiger partial charge in [0.15, 0.2) is 0 Å². The quantitative estimate of drug-likeness (QED) is 0.687. The van der Waals surface area contributed by atoms with Crippen LogP contribution in [-0.2, 0) is 17.8 Å². The number of pyridine rings is 1. The van der Waals surface area contributed by atoms with Gasteiger partial charge in [0, 0.05) is 38.7 Å². The number of anilines is 1. The van der Waals surface area contributed by atoms with Crippen LogP contribution in [0.25, 0.3) is 10.9 Å². The highest BCUT2D eigenvalue weighted by atomic mass is 16.1. The van der Waals surface area contributed by atoms with Gasteiger partial charge >= 0.3 is 0 Å². The van der Waals surface area contributed by atoms with Gasteiger partial charge in [-0.2, -0.15) is 0 Å². The lowest BCUT2D eigenvalue weighted by Gasteiger charge is -2.16. The summed E-state index contributed by atoms with van der Waals surface area (Å²) < 4.78 is 0. The van der Waals surface area contributed by atoms with Crippen molar-refractivity contribution in [3.05, 3.63) is 64.3 Å². The fourth-order valence-electron chi connectivity index (χ4n) is 3.43. The van der Waals surface area contributed by atoms with Crippen LogP contribution in [0, 0.1) is 0 Å². The number of nitrogens with zero attached hydrogens (tertiary/aromatic N) is 3. The second-order valence-corrected chi connectivity index (χ2v) is 7.03. The summed E-state index contributed by atoms with van der Waals surface area (Å²) in [5.41, 5.74) is 1.43. The van der Waals surface area contributed by atoms with Gasteiger partial charge in [-0.05, 0) is 36.6 Å². The van der Waals surface area contributed by atoms with Crippen LogP contribution in [0.15, 0.2) is 47.4 Å². The third kappa shape index (κ3) is 4.19. The molecule has 144 valence electrons. The second-order valence-electron chi connectivity index (χ2n) is 7.03. The molecule has 0 saturated carbocycles. The number of aryl methyl sites for hydroxylation is 1. The molecule has 1 aliphatic heterocycles. The monoisotopic (exact) mass is 377 g/mol. The first-order valence-electron chi connectivity index (χ1n) is 9.63. The summed E-state index contributed by atoms with van der Waals surface area (Å²) in [6, 6.07) is 11.2. The standard InChI is InChI=1S/C21H23N5O2/c27-20(10-8-18-24-17-6-2-1-5-16(17)21(28)25-18)23-14-15-7-9-19(22-13-15)26-11-3-4-12-26/h1-2,5-7,9,13H,3-4,8,10-12,14H2,(H,23,27)(H,24,25,28). The number of aromatic amines is 1. The minimum Gasteiger partial charge on any atom is -0.357 e. The molecule has 0 atom stereocenters. The predicted octanol–water partition coefficient (Wildman–Crippen LogP) is 2.17. The van der Waals surface area contributed by atoms with Crippen molar-refractivity contribution in [1.82, 2.24) is 20.3 Å². The molecule has 0 radical (unpaired) electrons. The van der Waals surface area contributed by atoms with Gasteiger partial charge in [0.05, 0.1) is 10.9 Å². The Bertz CT molecular complexity index is 1020. The van der Waals surface area contributed by atoms with E-state index in [2.05, 4.69) is 25.2 Å². The molecular weight excluding hydrogens is 354 g/mol. The molecule has 1 saturated heterocycles. The zero-order valence-electron chi connectivity index (χ0n) is 15.6. The van der Waals surface area contributed by atoms with E-state index in [9.17, 15) is 9.59 Å². The SMILES string of the molecule is O=C(CCc1nc2ccccc2c(=O)[nH]1)NCc1ccc(N2CCCC2)nc1. The molecule has 4 rings (SSSR count). The lowest BCUT2D eigenvalue weighted by atomic mass is 10.2. The maximum Gasteiger partial charge on any atom is 0.258 e. The average molecular weight is 377 g/mol. The number of nitrogens with one attached hydrogen (secondary N) is 2. The van der Waals surface area contributed by atoms with Crippen LogP contribution in [0.2, 0.25) is 0 Å². The Morgan fingerprint density at radius 2 is 1.96 bits per heavy atom. The lowest BCUT2D eigenvalue weighted by molar-refractivity contribution is -0.121. The van der Waals surface area contributed by atoms with Crippen LogP contribution in [0.1, 0.15) is 30.7 Å². The third-order valence-corrected chi connectivity index (χ3v) is 4.98. The summed E-state index contributed by atoms with van der Waals surface area (Å²) in [4.78, 5) is 38.2. The van der Waals surface area contributed by atoms with Crippen LogP contribution in [-0.4, -0.2) is 33.9 Å². The molecular formula is C21H23N5O2. The highest BCUT2D eigenvalue weighted by Gasteiger charge is 2.13. The molecule has 1 fully saturated rings. The number of aromatic nitrogens is 3.